The molecular weight excluding hydrogens is 622 g/mol. The SMILES string of the molecule is C=Nc1c(N)ncnc1N(C)[C@@H]1O[C@H](COP(=O)(O)OC2C[C@H](n3ccc(N)nc3=O)O[C@@H]2COP(=O)(O)O)C(O)C1O. The fourth-order valence-corrected chi connectivity index (χ4v) is 5.72. The highest BCUT2D eigenvalue weighted by molar-refractivity contribution is 7.47. The Hall–Kier alpha value is -2.91. The quantitative estimate of drug-likeness (QED) is 0.0964. The maximum Gasteiger partial charge on any atom is 0.472 e. The van der Waals surface area contributed by atoms with E-state index in [2.05, 4.69) is 31.2 Å². The molecular formula is C20H30N8O13P2. The zero-order valence-corrected chi connectivity index (χ0v) is 24.1. The van der Waals surface area contributed by atoms with Crippen molar-refractivity contribution < 1.29 is 57.1 Å². The second-order valence-corrected chi connectivity index (χ2v) is 12.0. The summed E-state index contributed by atoms with van der Waals surface area (Å²) in [6.07, 6.45) is -7.49. The van der Waals surface area contributed by atoms with Crippen molar-refractivity contribution in [1.29, 1.82) is 0 Å². The van der Waals surface area contributed by atoms with E-state index in [1.54, 1.807) is 0 Å². The molecule has 4 heterocycles. The second-order valence-electron chi connectivity index (χ2n) is 9.35. The minimum absolute atomic E-state index is 0.00158. The summed E-state index contributed by atoms with van der Waals surface area (Å²) in [6.45, 7) is 1.86. The summed E-state index contributed by atoms with van der Waals surface area (Å²) in [7, 11) is -8.52. The molecule has 2 aliphatic rings. The van der Waals surface area contributed by atoms with Crippen molar-refractivity contribution in [3.63, 3.8) is 0 Å². The molecule has 0 aromatic carbocycles. The van der Waals surface area contributed by atoms with Gasteiger partial charge < -0.3 is 50.7 Å². The third-order valence-electron chi connectivity index (χ3n) is 6.46. The van der Waals surface area contributed by atoms with Gasteiger partial charge in [0, 0.05) is 19.7 Å². The molecule has 0 bridgehead atoms. The summed E-state index contributed by atoms with van der Waals surface area (Å²) < 4.78 is 51.1. The number of aliphatic hydroxyl groups excluding tert-OH is 2. The van der Waals surface area contributed by atoms with Gasteiger partial charge in [-0.05, 0) is 12.8 Å². The molecule has 0 aliphatic carbocycles. The first-order chi connectivity index (χ1) is 20.1. The van der Waals surface area contributed by atoms with Crippen LogP contribution in [-0.4, -0.2) is 108 Å². The smallest absolute Gasteiger partial charge is 0.387 e. The molecule has 2 aromatic heterocycles. The van der Waals surface area contributed by atoms with Crippen LogP contribution in [0.25, 0.3) is 0 Å². The summed E-state index contributed by atoms with van der Waals surface area (Å²) in [5.74, 6) is 0.0417. The normalized spacial score (nSPS) is 28.9. The summed E-state index contributed by atoms with van der Waals surface area (Å²) >= 11 is 0. The maximum absolute atomic E-state index is 12.9. The molecule has 21 nitrogen and oxygen atoms in total. The summed E-state index contributed by atoms with van der Waals surface area (Å²) in [6, 6.07) is 1.29. The van der Waals surface area contributed by atoms with E-state index >= 15 is 0 Å². The number of hydrogen-bond acceptors (Lipinski definition) is 17. The minimum atomic E-state index is -5.00. The predicted molar refractivity (Wildman–Crippen MR) is 145 cm³/mol. The van der Waals surface area contributed by atoms with Crippen LogP contribution in [0.15, 0.2) is 28.4 Å². The van der Waals surface area contributed by atoms with Gasteiger partial charge >= 0.3 is 21.3 Å². The Bertz CT molecular complexity index is 1480. The first-order valence-electron chi connectivity index (χ1n) is 12.3. The molecule has 8 atom stereocenters. The van der Waals surface area contributed by atoms with E-state index in [-0.39, 0.29) is 29.6 Å². The number of ether oxygens (including phenoxy) is 2. The van der Waals surface area contributed by atoms with E-state index in [9.17, 15) is 29.0 Å². The van der Waals surface area contributed by atoms with Crippen molar-refractivity contribution in [1.82, 2.24) is 19.5 Å². The number of nitrogen functional groups attached to an aromatic ring is 2. The van der Waals surface area contributed by atoms with E-state index in [0.29, 0.717) is 0 Å². The van der Waals surface area contributed by atoms with Gasteiger partial charge in [-0.3, -0.25) is 23.1 Å². The average molecular weight is 652 g/mol. The molecule has 2 aliphatic heterocycles. The van der Waals surface area contributed by atoms with Crippen LogP contribution in [0.1, 0.15) is 12.6 Å². The van der Waals surface area contributed by atoms with E-state index < -0.39 is 77.5 Å². The molecule has 23 heteroatoms. The number of anilines is 3. The summed E-state index contributed by atoms with van der Waals surface area (Å²) in [5.41, 5.74) is 10.5. The molecule has 4 rings (SSSR count). The Labute approximate surface area is 242 Å². The zero-order valence-electron chi connectivity index (χ0n) is 22.3. The number of likely N-dealkylation sites (N-methyl/N-ethyl adjacent to an activating group) is 1. The Balaban J connectivity index is 1.43. The fraction of sp³-hybridized carbons (Fsp3) is 0.550. The molecule has 238 valence electrons. The largest absolute Gasteiger partial charge is 0.472 e. The van der Waals surface area contributed by atoms with Gasteiger partial charge in [0.1, 0.15) is 54.6 Å². The van der Waals surface area contributed by atoms with Crippen molar-refractivity contribution in [2.24, 2.45) is 4.99 Å². The lowest BCUT2D eigenvalue weighted by molar-refractivity contribution is -0.0502. The van der Waals surface area contributed by atoms with Crippen LogP contribution in [-0.2, 0) is 32.2 Å². The van der Waals surface area contributed by atoms with Gasteiger partial charge in [-0.2, -0.15) is 4.98 Å². The lowest BCUT2D eigenvalue weighted by Crippen LogP contribution is -2.42. The van der Waals surface area contributed by atoms with E-state index in [4.69, 9.17) is 39.8 Å². The highest BCUT2D eigenvalue weighted by atomic mass is 31.2. The van der Waals surface area contributed by atoms with Crippen LogP contribution in [0.5, 0.6) is 0 Å². The predicted octanol–water partition coefficient (Wildman–Crippen LogP) is -1.99. The van der Waals surface area contributed by atoms with Crippen molar-refractivity contribution in [3.05, 3.63) is 29.1 Å². The van der Waals surface area contributed by atoms with Gasteiger partial charge in [-0.15, -0.1) is 0 Å². The number of nitrogens with zero attached hydrogens (tertiary/aromatic N) is 6. The van der Waals surface area contributed by atoms with Gasteiger partial charge in [-0.1, -0.05) is 0 Å². The third kappa shape index (κ3) is 7.79. The Morgan fingerprint density at radius 3 is 2.49 bits per heavy atom. The lowest BCUT2D eigenvalue weighted by atomic mass is 10.1. The molecule has 2 fully saturated rings. The fourth-order valence-electron chi connectivity index (χ4n) is 4.42. The molecule has 0 spiro atoms. The number of rotatable bonds is 12. The third-order valence-corrected chi connectivity index (χ3v) is 7.96. The topological polar surface area (TPSA) is 310 Å². The molecule has 2 aromatic rings. The Morgan fingerprint density at radius 1 is 1.14 bits per heavy atom. The number of phosphoric acid groups is 2. The first kappa shape index (κ1) is 33.0. The van der Waals surface area contributed by atoms with Crippen molar-refractivity contribution in [2.45, 2.75) is 49.4 Å². The molecule has 0 saturated carbocycles. The standard InChI is InChI=1S/C20H30N8O13P2/c1-23-14-17(22)24-8-25-18(14)27(2)19-16(30)15(29)11(40-19)7-38-43(35,36)41-9-5-13(28-4-3-12(21)26-20(28)31)39-10(9)6-37-42(32,33)34/h3-4,8-11,13,15-16,19,29-30H,1,5-7H2,2H3,(H,35,36)(H2,21,26,31)(H2,22,24,25)(H2,32,33,34)/t9?,10-,11-,13-,15?,16?,19-/m1/s1. The summed E-state index contributed by atoms with van der Waals surface area (Å²) in [5, 5.41) is 21.1. The van der Waals surface area contributed by atoms with Crippen LogP contribution in [0.2, 0.25) is 0 Å². The molecule has 0 radical (unpaired) electrons. The number of phosphoric ester groups is 2. The first-order valence-corrected chi connectivity index (χ1v) is 15.3. The molecule has 43 heavy (non-hydrogen) atoms. The lowest BCUT2D eigenvalue weighted by Gasteiger charge is -2.28. The number of aliphatic imine (C=N–C) groups is 1. The molecule has 2 saturated heterocycles. The average Bonchev–Trinajstić information content (AvgIpc) is 3.44. The van der Waals surface area contributed by atoms with Crippen LogP contribution in [0.3, 0.4) is 0 Å². The van der Waals surface area contributed by atoms with Crippen LogP contribution in [0, 0.1) is 0 Å². The highest BCUT2D eigenvalue weighted by Gasteiger charge is 2.48. The van der Waals surface area contributed by atoms with E-state index in [1.807, 2.05) is 0 Å². The van der Waals surface area contributed by atoms with Crippen LogP contribution >= 0.6 is 15.6 Å². The van der Waals surface area contributed by atoms with Crippen molar-refractivity contribution in [2.75, 3.05) is 36.6 Å². The van der Waals surface area contributed by atoms with Gasteiger partial charge in [-0.25, -0.2) is 23.9 Å². The monoisotopic (exact) mass is 652 g/mol. The molecule has 9 N–H and O–H groups in total. The number of aliphatic hydroxyl groups is 2. The van der Waals surface area contributed by atoms with E-state index in [1.165, 1.54) is 24.2 Å². The highest BCUT2D eigenvalue weighted by Crippen LogP contribution is 2.49. The van der Waals surface area contributed by atoms with Crippen molar-refractivity contribution >= 4 is 45.5 Å². The number of nitrogens with two attached hydrogens (primary N) is 2. The van der Waals surface area contributed by atoms with Gasteiger partial charge in [0.15, 0.2) is 17.9 Å². The van der Waals surface area contributed by atoms with Crippen LogP contribution < -0.4 is 22.1 Å². The van der Waals surface area contributed by atoms with E-state index in [0.717, 1.165) is 10.9 Å². The van der Waals surface area contributed by atoms with Gasteiger partial charge in [0.2, 0.25) is 0 Å². The number of aromatic nitrogens is 4. The summed E-state index contributed by atoms with van der Waals surface area (Å²) in [4.78, 5) is 57.3. The minimum Gasteiger partial charge on any atom is -0.387 e. The second kappa shape index (κ2) is 13.0. The molecule has 0 amide bonds. The van der Waals surface area contributed by atoms with Gasteiger partial charge in [0.25, 0.3) is 0 Å². The maximum atomic E-state index is 12.9. The Morgan fingerprint density at radius 2 is 1.84 bits per heavy atom. The van der Waals surface area contributed by atoms with Gasteiger partial charge in [0.05, 0.1) is 13.2 Å². The number of hydrogen-bond donors (Lipinski definition) is 7. The zero-order chi connectivity index (χ0) is 31.7. The van der Waals surface area contributed by atoms with Crippen LogP contribution in [0.4, 0.5) is 23.1 Å². The Kier molecular flexibility index (Phi) is 9.96. The molecule has 4 unspecified atom stereocenters. The van der Waals surface area contributed by atoms with Crippen molar-refractivity contribution in [3.8, 4) is 0 Å².